The summed E-state index contributed by atoms with van der Waals surface area (Å²) in [6, 6.07) is 1.32. The first-order valence-corrected chi connectivity index (χ1v) is 9.76. The van der Waals surface area contributed by atoms with Crippen molar-refractivity contribution in [1.82, 2.24) is 9.96 Å². The van der Waals surface area contributed by atoms with Gasteiger partial charge >= 0.3 is 9.36 Å². The summed E-state index contributed by atoms with van der Waals surface area (Å²) in [7, 11) is 1.57. The van der Waals surface area contributed by atoms with E-state index >= 15 is 0 Å². The fourth-order valence-corrected chi connectivity index (χ4v) is 3.08. The molecule has 0 saturated carbocycles. The van der Waals surface area contributed by atoms with Crippen LogP contribution in [0.2, 0.25) is 25.7 Å². The Morgan fingerprint density at radius 3 is 2.25 bits per heavy atom. The first kappa shape index (κ1) is 12.3. The minimum Gasteiger partial charge on any atom is -0.397 e. The van der Waals surface area contributed by atoms with E-state index in [0.29, 0.717) is 0 Å². The Morgan fingerprint density at radius 1 is 1.33 bits per heavy atom. The Hall–Kier alpha value is 0.314. The largest absolute Gasteiger partial charge is 0.397 e. The van der Waals surface area contributed by atoms with Crippen molar-refractivity contribution in [2.75, 3.05) is 20.7 Å². The minimum atomic E-state index is -1.26. The second kappa shape index (κ2) is 5.87. The molecule has 3 nitrogen and oxygen atoms in total. The Morgan fingerprint density at radius 2 is 1.92 bits per heavy atom. The van der Waals surface area contributed by atoms with Crippen LogP contribution < -0.4 is 9.96 Å². The second-order valence-electron chi connectivity index (χ2n) is 4.17. The topological polar surface area (TPSA) is 33.3 Å². The van der Waals surface area contributed by atoms with Crippen molar-refractivity contribution < 1.29 is 4.43 Å². The van der Waals surface area contributed by atoms with Crippen LogP contribution in [0.4, 0.5) is 0 Å². The van der Waals surface area contributed by atoms with Gasteiger partial charge in [0.1, 0.15) is 0 Å². The quantitative estimate of drug-likeness (QED) is 0.621. The highest BCUT2D eigenvalue weighted by atomic mass is 28.3. The molecular weight excluding hydrogens is 184 g/mol. The van der Waals surface area contributed by atoms with Crippen LogP contribution >= 0.6 is 0 Å². The van der Waals surface area contributed by atoms with E-state index in [1.165, 1.54) is 6.04 Å². The lowest BCUT2D eigenvalue weighted by molar-refractivity contribution is 0.398. The fraction of sp³-hybridized carbons (Fsp3) is 1.00. The summed E-state index contributed by atoms with van der Waals surface area (Å²) in [5, 5.41) is 0. The van der Waals surface area contributed by atoms with Crippen molar-refractivity contribution in [3.63, 3.8) is 0 Å². The van der Waals surface area contributed by atoms with Crippen molar-refractivity contribution in [1.29, 1.82) is 0 Å². The summed E-state index contributed by atoms with van der Waals surface area (Å²) in [5.41, 5.74) is 0. The molecule has 0 rings (SSSR count). The molecule has 0 amide bonds. The van der Waals surface area contributed by atoms with Crippen molar-refractivity contribution in [2.24, 2.45) is 0 Å². The van der Waals surface area contributed by atoms with E-state index in [9.17, 15) is 0 Å². The average molecular weight is 206 g/mol. The lowest BCUT2D eigenvalue weighted by Gasteiger charge is -2.18. The maximum atomic E-state index is 5.25. The molecule has 0 aliphatic heterocycles. The van der Waals surface area contributed by atoms with Crippen LogP contribution in [0.15, 0.2) is 0 Å². The van der Waals surface area contributed by atoms with Crippen LogP contribution in [0.25, 0.3) is 0 Å². The molecule has 0 bridgehead atoms. The number of hydrogen-bond acceptors (Lipinski definition) is 3. The molecule has 1 atom stereocenters. The zero-order valence-corrected chi connectivity index (χ0v) is 11.1. The summed E-state index contributed by atoms with van der Waals surface area (Å²) in [4.78, 5) is 6.57. The van der Waals surface area contributed by atoms with Gasteiger partial charge in [-0.05, 0) is 19.6 Å². The van der Waals surface area contributed by atoms with E-state index in [4.69, 9.17) is 4.43 Å². The predicted octanol–water partition coefficient (Wildman–Crippen LogP) is 0.497. The summed E-state index contributed by atoms with van der Waals surface area (Å²) in [6.07, 6.45) is 0. The molecule has 2 N–H and O–H groups in total. The summed E-state index contributed by atoms with van der Waals surface area (Å²) in [6.45, 7) is 8.26. The van der Waals surface area contributed by atoms with E-state index in [1.807, 2.05) is 7.05 Å². The molecular formula is C7H22N2OSi2. The Balaban J connectivity index is 3.41. The Labute approximate surface area is 78.8 Å². The molecule has 1 unspecified atom stereocenters. The van der Waals surface area contributed by atoms with Crippen LogP contribution in [0, 0.1) is 0 Å². The van der Waals surface area contributed by atoms with Gasteiger partial charge in [-0.25, -0.2) is 0 Å². The number of nitrogens with one attached hydrogen (secondary N) is 2. The third-order valence-corrected chi connectivity index (χ3v) is 5.11. The standard InChI is InChI=1S/C7H22N2OSi2/c1-8-11(10-2)9-6-7-12(3,4)5/h8-9,11H,6-7H2,1-5H3. The highest BCUT2D eigenvalue weighted by molar-refractivity contribution is 6.76. The van der Waals surface area contributed by atoms with Crippen LogP contribution in [0.3, 0.4) is 0 Å². The van der Waals surface area contributed by atoms with Gasteiger partial charge in [0.15, 0.2) is 0 Å². The molecule has 0 aromatic heterocycles. The van der Waals surface area contributed by atoms with Gasteiger partial charge in [-0.2, -0.15) is 0 Å². The first-order valence-electron chi connectivity index (χ1n) is 4.43. The third-order valence-electron chi connectivity index (χ3n) is 1.70. The summed E-state index contributed by atoms with van der Waals surface area (Å²) >= 11 is 0. The van der Waals surface area contributed by atoms with E-state index < -0.39 is 17.4 Å². The highest BCUT2D eigenvalue weighted by Crippen LogP contribution is 2.05. The normalized spacial score (nSPS) is 14.8. The third kappa shape index (κ3) is 6.99. The molecule has 12 heavy (non-hydrogen) atoms. The van der Waals surface area contributed by atoms with Gasteiger partial charge in [0.05, 0.1) is 0 Å². The zero-order valence-electron chi connectivity index (χ0n) is 8.90. The molecule has 0 aliphatic rings. The molecule has 74 valence electrons. The smallest absolute Gasteiger partial charge is 0.334 e. The molecule has 0 fully saturated rings. The predicted molar refractivity (Wildman–Crippen MR) is 59.4 cm³/mol. The van der Waals surface area contributed by atoms with Crippen molar-refractivity contribution in [2.45, 2.75) is 25.7 Å². The van der Waals surface area contributed by atoms with Crippen LogP contribution in [-0.4, -0.2) is 38.1 Å². The van der Waals surface area contributed by atoms with E-state index in [1.54, 1.807) is 7.11 Å². The lowest BCUT2D eigenvalue weighted by atomic mass is 10.8. The zero-order chi connectivity index (χ0) is 9.61. The molecule has 0 saturated heterocycles. The average Bonchev–Trinajstić information content (AvgIpc) is 1.96. The summed E-state index contributed by atoms with van der Waals surface area (Å²) < 4.78 is 5.25. The summed E-state index contributed by atoms with van der Waals surface area (Å²) in [5.74, 6) is 0. The molecule has 0 aromatic rings. The van der Waals surface area contributed by atoms with Gasteiger partial charge in [0.2, 0.25) is 0 Å². The Kier molecular flexibility index (Phi) is 6.03. The van der Waals surface area contributed by atoms with Gasteiger partial charge in [0, 0.05) is 15.2 Å². The van der Waals surface area contributed by atoms with Gasteiger partial charge in [0.25, 0.3) is 0 Å². The van der Waals surface area contributed by atoms with E-state index in [0.717, 1.165) is 6.54 Å². The van der Waals surface area contributed by atoms with Crippen LogP contribution in [-0.2, 0) is 4.43 Å². The van der Waals surface area contributed by atoms with E-state index in [2.05, 4.69) is 29.6 Å². The second-order valence-corrected chi connectivity index (χ2v) is 12.0. The Bertz CT molecular complexity index is 112. The van der Waals surface area contributed by atoms with E-state index in [-0.39, 0.29) is 0 Å². The monoisotopic (exact) mass is 206 g/mol. The van der Waals surface area contributed by atoms with Gasteiger partial charge in [-0.15, -0.1) is 0 Å². The maximum absolute atomic E-state index is 5.25. The molecule has 5 heteroatoms. The highest BCUT2D eigenvalue weighted by Gasteiger charge is 2.13. The molecule has 0 aliphatic carbocycles. The van der Waals surface area contributed by atoms with Crippen molar-refractivity contribution in [3.8, 4) is 0 Å². The molecule has 0 aromatic carbocycles. The van der Waals surface area contributed by atoms with Crippen molar-refractivity contribution >= 4 is 17.4 Å². The minimum absolute atomic E-state index is 0.873. The lowest BCUT2D eigenvalue weighted by Crippen LogP contribution is -2.48. The van der Waals surface area contributed by atoms with Crippen molar-refractivity contribution in [3.05, 3.63) is 0 Å². The van der Waals surface area contributed by atoms with Gasteiger partial charge in [-0.1, -0.05) is 19.6 Å². The van der Waals surface area contributed by atoms with Gasteiger partial charge in [-0.3, -0.25) is 0 Å². The van der Waals surface area contributed by atoms with Crippen LogP contribution in [0.1, 0.15) is 0 Å². The number of rotatable bonds is 6. The van der Waals surface area contributed by atoms with Gasteiger partial charge < -0.3 is 14.4 Å². The molecule has 0 spiro atoms. The fourth-order valence-electron chi connectivity index (χ4n) is 0.882. The maximum Gasteiger partial charge on any atom is 0.334 e. The number of hydrogen-bond donors (Lipinski definition) is 2. The first-order chi connectivity index (χ1) is 5.49. The SMILES string of the molecule is CN[SiH](NCC[Si](C)(C)C)OC. The van der Waals surface area contributed by atoms with Crippen LogP contribution in [0.5, 0.6) is 0 Å². The molecule has 0 heterocycles. The molecule has 0 radical (unpaired) electrons.